The number of aliphatic hydroxyl groups is 1. The van der Waals surface area contributed by atoms with Gasteiger partial charge in [0.2, 0.25) is 0 Å². The molecule has 6 nitrogen and oxygen atoms in total. The van der Waals surface area contributed by atoms with Gasteiger partial charge in [-0.2, -0.15) is 8.78 Å². The van der Waals surface area contributed by atoms with E-state index in [2.05, 4.69) is 20.4 Å². The van der Waals surface area contributed by atoms with Crippen molar-refractivity contribution in [3.63, 3.8) is 0 Å². The Morgan fingerprint density at radius 3 is 2.44 bits per heavy atom. The van der Waals surface area contributed by atoms with Crippen molar-refractivity contribution in [2.24, 2.45) is 4.99 Å². The average Bonchev–Trinajstić information content (AvgIpc) is 3.31. The minimum atomic E-state index is -2.89. The summed E-state index contributed by atoms with van der Waals surface area (Å²) in [5.74, 6) is 1.45. The van der Waals surface area contributed by atoms with Crippen molar-refractivity contribution in [2.45, 2.75) is 32.1 Å². The van der Waals surface area contributed by atoms with Crippen molar-refractivity contribution >= 4 is 5.96 Å². The molecule has 32 heavy (non-hydrogen) atoms. The average molecular weight is 443 g/mol. The minimum Gasteiger partial charge on any atom is -0.469 e. The topological polar surface area (TPSA) is 79.0 Å². The van der Waals surface area contributed by atoms with Gasteiger partial charge in [0.05, 0.1) is 25.0 Å². The highest BCUT2D eigenvalue weighted by molar-refractivity contribution is 5.80. The Bertz CT molecular complexity index is 948. The van der Waals surface area contributed by atoms with Gasteiger partial charge in [0, 0.05) is 13.0 Å². The number of hydrogen-bond donors (Lipinski definition) is 3. The Balaban J connectivity index is 1.63. The van der Waals surface area contributed by atoms with Crippen LogP contribution in [0, 0.1) is 0 Å². The van der Waals surface area contributed by atoms with E-state index in [-0.39, 0.29) is 18.3 Å². The molecule has 1 aromatic heterocycles. The summed E-state index contributed by atoms with van der Waals surface area (Å²) in [4.78, 5) is 4.52. The normalized spacial score (nSPS) is 13.6. The lowest BCUT2D eigenvalue weighted by Crippen LogP contribution is -2.40. The number of nitrogens with zero attached hydrogens (tertiary/aromatic N) is 1. The van der Waals surface area contributed by atoms with Crippen LogP contribution in [0.15, 0.2) is 82.4 Å². The van der Waals surface area contributed by atoms with Crippen molar-refractivity contribution in [2.75, 3.05) is 13.1 Å². The fourth-order valence-corrected chi connectivity index (χ4v) is 3.10. The number of aliphatic imine (C=N–C) groups is 1. The lowest BCUT2D eigenvalue weighted by atomic mass is 10.1. The third kappa shape index (κ3) is 7.39. The second kappa shape index (κ2) is 11.9. The summed E-state index contributed by atoms with van der Waals surface area (Å²) < 4.78 is 34.3. The maximum absolute atomic E-state index is 12.3. The first-order valence-electron chi connectivity index (χ1n) is 10.4. The molecule has 3 rings (SSSR count). The van der Waals surface area contributed by atoms with Crippen molar-refractivity contribution in [3.8, 4) is 5.75 Å². The predicted molar refractivity (Wildman–Crippen MR) is 119 cm³/mol. The van der Waals surface area contributed by atoms with Crippen LogP contribution in [0.2, 0.25) is 0 Å². The highest BCUT2D eigenvalue weighted by Crippen LogP contribution is 2.19. The standard InChI is InChI=1S/C24H27F2N3O3/c1-17(18-6-3-2-4-7-18)29-24(27-14-13-20-8-5-15-31-20)28-16-22(30)19-9-11-21(12-10-19)32-23(25)26/h2-12,15,17,22-23,30H,13-14,16H2,1H3,(H2,27,28,29). The first kappa shape index (κ1) is 23.3. The van der Waals surface area contributed by atoms with Crippen molar-refractivity contribution < 1.29 is 23.0 Å². The number of halogens is 2. The predicted octanol–water partition coefficient (Wildman–Crippen LogP) is 4.45. The van der Waals surface area contributed by atoms with Crippen molar-refractivity contribution in [1.29, 1.82) is 0 Å². The van der Waals surface area contributed by atoms with E-state index in [1.165, 1.54) is 12.1 Å². The van der Waals surface area contributed by atoms with Gasteiger partial charge in [-0.05, 0) is 42.3 Å². The molecule has 0 amide bonds. The molecule has 1 heterocycles. The van der Waals surface area contributed by atoms with Crippen LogP contribution >= 0.6 is 0 Å². The molecule has 2 unspecified atom stereocenters. The Morgan fingerprint density at radius 2 is 1.78 bits per heavy atom. The Kier molecular flexibility index (Phi) is 8.62. The summed E-state index contributed by atoms with van der Waals surface area (Å²) >= 11 is 0. The summed E-state index contributed by atoms with van der Waals surface area (Å²) in [7, 11) is 0. The molecule has 3 N–H and O–H groups in total. The first-order valence-corrected chi connectivity index (χ1v) is 10.4. The van der Waals surface area contributed by atoms with Crippen LogP contribution in [0.25, 0.3) is 0 Å². The van der Waals surface area contributed by atoms with Gasteiger partial charge in [-0.3, -0.25) is 4.99 Å². The molecule has 0 saturated heterocycles. The van der Waals surface area contributed by atoms with Gasteiger partial charge in [-0.15, -0.1) is 0 Å². The van der Waals surface area contributed by atoms with E-state index in [1.54, 1.807) is 18.4 Å². The fourth-order valence-electron chi connectivity index (χ4n) is 3.10. The van der Waals surface area contributed by atoms with E-state index in [0.29, 0.717) is 24.5 Å². The number of rotatable bonds is 10. The summed E-state index contributed by atoms with van der Waals surface area (Å²) in [5, 5.41) is 17.1. The molecule has 0 fully saturated rings. The van der Waals surface area contributed by atoms with Crippen LogP contribution < -0.4 is 15.4 Å². The molecule has 170 valence electrons. The molecule has 3 aromatic rings. The second-order valence-electron chi connectivity index (χ2n) is 7.19. The highest BCUT2D eigenvalue weighted by atomic mass is 19.3. The summed E-state index contributed by atoms with van der Waals surface area (Å²) in [6.45, 7) is -0.177. The molecule has 0 aliphatic carbocycles. The van der Waals surface area contributed by atoms with E-state index in [0.717, 1.165) is 11.3 Å². The molecule has 0 aliphatic heterocycles. The van der Waals surface area contributed by atoms with E-state index >= 15 is 0 Å². The molecular formula is C24H27F2N3O3. The van der Waals surface area contributed by atoms with Crippen LogP contribution in [0.1, 0.15) is 36.0 Å². The van der Waals surface area contributed by atoms with E-state index in [4.69, 9.17) is 4.42 Å². The van der Waals surface area contributed by atoms with Gasteiger partial charge >= 0.3 is 6.61 Å². The fraction of sp³-hybridized carbons (Fsp3) is 0.292. The maximum Gasteiger partial charge on any atom is 0.387 e. The zero-order chi connectivity index (χ0) is 22.8. The highest BCUT2D eigenvalue weighted by Gasteiger charge is 2.12. The SMILES string of the molecule is CC(NC(=NCC(O)c1ccc(OC(F)F)cc1)NCCc1ccco1)c1ccccc1. The lowest BCUT2D eigenvalue weighted by molar-refractivity contribution is -0.0498. The van der Waals surface area contributed by atoms with Gasteiger partial charge in [0.15, 0.2) is 5.96 Å². The van der Waals surface area contributed by atoms with E-state index in [1.807, 2.05) is 49.4 Å². The molecule has 0 spiro atoms. The number of alkyl halides is 2. The zero-order valence-electron chi connectivity index (χ0n) is 17.7. The number of aliphatic hydroxyl groups excluding tert-OH is 1. The number of nitrogens with one attached hydrogen (secondary N) is 2. The van der Waals surface area contributed by atoms with Crippen molar-refractivity contribution in [1.82, 2.24) is 10.6 Å². The van der Waals surface area contributed by atoms with Crippen LogP contribution in [0.4, 0.5) is 8.78 Å². The molecular weight excluding hydrogens is 416 g/mol. The summed E-state index contributed by atoms with van der Waals surface area (Å²) in [6.07, 6.45) is 1.42. The zero-order valence-corrected chi connectivity index (χ0v) is 17.7. The minimum absolute atomic E-state index is 0.00557. The van der Waals surface area contributed by atoms with Gasteiger partial charge in [0.25, 0.3) is 0 Å². The van der Waals surface area contributed by atoms with Crippen LogP contribution in [-0.4, -0.2) is 30.8 Å². The number of ether oxygens (including phenoxy) is 1. The van der Waals surface area contributed by atoms with Crippen LogP contribution in [-0.2, 0) is 6.42 Å². The molecule has 8 heteroatoms. The number of hydrogen-bond acceptors (Lipinski definition) is 4. The lowest BCUT2D eigenvalue weighted by Gasteiger charge is -2.19. The number of furan rings is 1. The van der Waals surface area contributed by atoms with Crippen LogP contribution in [0.5, 0.6) is 5.75 Å². The van der Waals surface area contributed by atoms with Gasteiger partial charge in [-0.1, -0.05) is 42.5 Å². The Hall–Kier alpha value is -3.39. The molecule has 0 bridgehead atoms. The van der Waals surface area contributed by atoms with Gasteiger partial charge in [-0.25, -0.2) is 0 Å². The largest absolute Gasteiger partial charge is 0.469 e. The monoisotopic (exact) mass is 443 g/mol. The molecule has 0 saturated carbocycles. The maximum atomic E-state index is 12.3. The van der Waals surface area contributed by atoms with Crippen molar-refractivity contribution in [3.05, 3.63) is 89.9 Å². The third-order valence-corrected chi connectivity index (χ3v) is 4.81. The molecule has 0 aliphatic rings. The molecule has 2 atom stereocenters. The molecule has 0 radical (unpaired) electrons. The number of guanidine groups is 1. The van der Waals surface area contributed by atoms with Crippen LogP contribution in [0.3, 0.4) is 0 Å². The van der Waals surface area contributed by atoms with E-state index < -0.39 is 12.7 Å². The second-order valence-corrected chi connectivity index (χ2v) is 7.19. The quantitative estimate of drug-likeness (QED) is 0.319. The van der Waals surface area contributed by atoms with Gasteiger partial charge in [0.1, 0.15) is 11.5 Å². The summed E-state index contributed by atoms with van der Waals surface area (Å²) in [6, 6.07) is 19.6. The van der Waals surface area contributed by atoms with Gasteiger partial charge < -0.3 is 24.9 Å². The van der Waals surface area contributed by atoms with E-state index in [9.17, 15) is 13.9 Å². The third-order valence-electron chi connectivity index (χ3n) is 4.81. The smallest absolute Gasteiger partial charge is 0.387 e. The first-order chi connectivity index (χ1) is 15.5. The number of benzene rings is 2. The molecule has 2 aromatic carbocycles. The summed E-state index contributed by atoms with van der Waals surface area (Å²) in [5.41, 5.74) is 1.66. The Labute approximate surface area is 185 Å². The Morgan fingerprint density at radius 1 is 1.03 bits per heavy atom.